The van der Waals surface area contributed by atoms with Gasteiger partial charge in [0, 0.05) is 11.0 Å². The summed E-state index contributed by atoms with van der Waals surface area (Å²) in [6.07, 6.45) is 3.32. The molecule has 78 valence electrons. The molecule has 0 aromatic heterocycles. The number of alkyl halides is 2. The Morgan fingerprint density at radius 3 is 2.60 bits per heavy atom. The lowest BCUT2D eigenvalue weighted by molar-refractivity contribution is 0.104. The lowest BCUT2D eigenvalue weighted by Gasteiger charge is -2.32. The van der Waals surface area contributed by atoms with Crippen molar-refractivity contribution in [3.63, 3.8) is 0 Å². The summed E-state index contributed by atoms with van der Waals surface area (Å²) in [5.41, 5.74) is 1.11. The largest absolute Gasteiger partial charge is 0.289 e. The normalized spacial score (nSPS) is 24.4. The van der Waals surface area contributed by atoms with Crippen LogP contribution in [0.25, 0.3) is 0 Å². The fourth-order valence-corrected chi connectivity index (χ4v) is 2.17. The lowest BCUT2D eigenvalue weighted by atomic mass is 9.76. The van der Waals surface area contributed by atoms with E-state index in [9.17, 15) is 4.79 Å². The van der Waals surface area contributed by atoms with E-state index < -0.39 is 10.3 Å². The van der Waals surface area contributed by atoms with Crippen LogP contribution in [0.5, 0.6) is 0 Å². The van der Waals surface area contributed by atoms with Gasteiger partial charge in [0.2, 0.25) is 0 Å². The number of benzene rings is 1. The van der Waals surface area contributed by atoms with Crippen LogP contribution < -0.4 is 0 Å². The van der Waals surface area contributed by atoms with Gasteiger partial charge in [0.1, 0.15) is 4.84 Å². The highest BCUT2D eigenvalue weighted by Gasteiger charge is 2.36. The van der Waals surface area contributed by atoms with Gasteiger partial charge >= 0.3 is 0 Å². The van der Waals surface area contributed by atoms with E-state index in [0.29, 0.717) is 5.56 Å². The average molecular weight is 241 g/mol. The summed E-state index contributed by atoms with van der Waals surface area (Å²) in [5, 5.41) is 0. The Bertz CT molecular complexity index is 437. The molecule has 0 fully saturated rings. The minimum absolute atomic E-state index is 0.0112. The van der Waals surface area contributed by atoms with Gasteiger partial charge in [0.05, 0.1) is 0 Å². The monoisotopic (exact) mass is 240 g/mol. The van der Waals surface area contributed by atoms with Crippen molar-refractivity contribution in [2.45, 2.75) is 17.2 Å². The van der Waals surface area contributed by atoms with Crippen LogP contribution >= 0.6 is 23.2 Å². The predicted molar refractivity (Wildman–Crippen MR) is 62.8 cm³/mol. The van der Waals surface area contributed by atoms with Crippen molar-refractivity contribution < 1.29 is 4.79 Å². The molecule has 0 saturated heterocycles. The Hall–Kier alpha value is -0.790. The quantitative estimate of drug-likeness (QED) is 0.687. The average Bonchev–Trinajstić information content (AvgIpc) is 2.24. The van der Waals surface area contributed by atoms with Gasteiger partial charge in [-0.25, -0.2) is 0 Å². The van der Waals surface area contributed by atoms with E-state index in [-0.39, 0.29) is 5.78 Å². The molecule has 0 saturated carbocycles. The van der Waals surface area contributed by atoms with E-state index in [2.05, 4.69) is 0 Å². The van der Waals surface area contributed by atoms with Crippen LogP contribution in [0.3, 0.4) is 0 Å². The van der Waals surface area contributed by atoms with Gasteiger partial charge in [-0.15, -0.1) is 23.2 Å². The second-order valence-electron chi connectivity index (χ2n) is 3.83. The third-order valence-electron chi connectivity index (χ3n) is 2.81. The molecule has 1 aliphatic rings. The molecule has 1 aromatic carbocycles. The number of halogens is 2. The van der Waals surface area contributed by atoms with E-state index in [1.165, 1.54) is 0 Å². The Kier molecular flexibility index (Phi) is 2.61. The summed E-state index contributed by atoms with van der Waals surface area (Å²) in [5.74, 6) is 0.0112. The molecule has 0 N–H and O–H groups in total. The van der Waals surface area contributed by atoms with Crippen molar-refractivity contribution in [1.82, 2.24) is 0 Å². The molecule has 0 bridgehead atoms. The molecule has 3 heteroatoms. The van der Waals surface area contributed by atoms with Gasteiger partial charge in [0.25, 0.3) is 0 Å². The first-order valence-electron chi connectivity index (χ1n) is 4.67. The summed E-state index contributed by atoms with van der Waals surface area (Å²) >= 11 is 12.0. The zero-order chi connectivity index (χ0) is 11.1. The number of ketones is 1. The number of hydrogen-bond donors (Lipinski definition) is 0. The highest BCUT2D eigenvalue weighted by molar-refractivity contribution is 6.45. The first-order chi connectivity index (χ1) is 7.05. The summed E-state index contributed by atoms with van der Waals surface area (Å²) in [4.78, 5) is 11.1. The topological polar surface area (TPSA) is 17.1 Å². The van der Waals surface area contributed by atoms with Gasteiger partial charge in [-0.2, -0.15) is 0 Å². The van der Waals surface area contributed by atoms with Crippen LogP contribution in [0, 0.1) is 0 Å². The first-order valence-corrected chi connectivity index (χ1v) is 5.54. The molecular formula is C12H10Cl2O. The molecule has 1 aromatic rings. The Morgan fingerprint density at radius 2 is 1.93 bits per heavy atom. The van der Waals surface area contributed by atoms with Crippen LogP contribution in [0.4, 0.5) is 0 Å². The summed E-state index contributed by atoms with van der Waals surface area (Å²) in [6, 6.07) is 7.43. The van der Waals surface area contributed by atoms with Crippen LogP contribution in [0.1, 0.15) is 22.8 Å². The maximum atomic E-state index is 11.6. The maximum Gasteiger partial charge on any atom is 0.185 e. The molecule has 0 heterocycles. The number of carbonyl (C=O) groups is 1. The zero-order valence-corrected chi connectivity index (χ0v) is 9.72. The van der Waals surface area contributed by atoms with Crippen molar-refractivity contribution in [1.29, 1.82) is 0 Å². The van der Waals surface area contributed by atoms with E-state index >= 15 is 0 Å². The fraction of sp³-hybridized carbons (Fsp3) is 0.250. The van der Waals surface area contributed by atoms with Gasteiger partial charge < -0.3 is 0 Å². The summed E-state index contributed by atoms with van der Waals surface area (Å²) < 4.78 is 0. The van der Waals surface area contributed by atoms with E-state index in [4.69, 9.17) is 23.2 Å². The molecule has 1 atom stereocenters. The lowest BCUT2D eigenvalue weighted by Crippen LogP contribution is -2.32. The van der Waals surface area contributed by atoms with Crippen molar-refractivity contribution in [3.8, 4) is 0 Å². The van der Waals surface area contributed by atoms with Gasteiger partial charge in [-0.3, -0.25) is 4.79 Å². The highest BCUT2D eigenvalue weighted by Crippen LogP contribution is 2.39. The second-order valence-corrected chi connectivity index (χ2v) is 4.92. The molecule has 0 radical (unpaired) electrons. The number of fused-ring (bicyclic) bond motifs is 1. The van der Waals surface area contributed by atoms with E-state index in [1.807, 2.05) is 25.1 Å². The molecule has 0 spiro atoms. The predicted octanol–water partition coefficient (Wildman–Crippen LogP) is 3.50. The summed E-state index contributed by atoms with van der Waals surface area (Å²) in [7, 11) is 0. The second kappa shape index (κ2) is 3.66. The van der Waals surface area contributed by atoms with Crippen LogP contribution in [-0.2, 0) is 5.41 Å². The Morgan fingerprint density at radius 1 is 1.27 bits per heavy atom. The van der Waals surface area contributed by atoms with Gasteiger partial charge in [-0.1, -0.05) is 30.3 Å². The van der Waals surface area contributed by atoms with Crippen LogP contribution in [-0.4, -0.2) is 10.6 Å². The minimum atomic E-state index is -0.567. The van der Waals surface area contributed by atoms with Crippen molar-refractivity contribution in [2.75, 3.05) is 0 Å². The Labute approximate surface area is 98.7 Å². The molecule has 0 aliphatic heterocycles. The van der Waals surface area contributed by atoms with Gasteiger partial charge in [-0.05, 0) is 18.6 Å². The molecule has 0 amide bonds. The number of rotatable bonds is 1. The highest BCUT2D eigenvalue weighted by atomic mass is 35.5. The number of hydrogen-bond acceptors (Lipinski definition) is 1. The zero-order valence-electron chi connectivity index (χ0n) is 8.21. The fourth-order valence-electron chi connectivity index (χ4n) is 1.79. The SMILES string of the molecule is CC1(C(Cl)Cl)C=CC(=O)c2ccccc21. The molecule has 1 aliphatic carbocycles. The maximum absolute atomic E-state index is 11.6. The van der Waals surface area contributed by atoms with Crippen molar-refractivity contribution in [2.24, 2.45) is 0 Å². The Balaban J connectivity index is 2.65. The van der Waals surface area contributed by atoms with Crippen LogP contribution in [0.2, 0.25) is 0 Å². The third-order valence-corrected chi connectivity index (χ3v) is 3.71. The minimum Gasteiger partial charge on any atom is -0.289 e. The van der Waals surface area contributed by atoms with Gasteiger partial charge in [0.15, 0.2) is 5.78 Å². The van der Waals surface area contributed by atoms with Crippen LogP contribution in [0.15, 0.2) is 36.4 Å². The third kappa shape index (κ3) is 1.60. The van der Waals surface area contributed by atoms with Crippen molar-refractivity contribution >= 4 is 29.0 Å². The number of carbonyl (C=O) groups excluding carboxylic acids is 1. The van der Waals surface area contributed by atoms with E-state index in [1.54, 1.807) is 18.2 Å². The molecule has 1 nitrogen and oxygen atoms in total. The number of allylic oxidation sites excluding steroid dienone is 2. The molecule has 2 rings (SSSR count). The first kappa shape index (κ1) is 10.7. The molecule has 1 unspecified atom stereocenters. The summed E-state index contributed by atoms with van der Waals surface area (Å²) in [6.45, 7) is 1.93. The molecular weight excluding hydrogens is 231 g/mol. The van der Waals surface area contributed by atoms with E-state index in [0.717, 1.165) is 5.56 Å². The molecule has 15 heavy (non-hydrogen) atoms. The van der Waals surface area contributed by atoms with Crippen molar-refractivity contribution in [3.05, 3.63) is 47.5 Å². The standard InChI is InChI=1S/C12H10Cl2O/c1-12(11(13)14)7-6-10(15)8-4-2-3-5-9(8)12/h2-7,11H,1H3. The smallest absolute Gasteiger partial charge is 0.185 e.